The number of carbonyl (C=O) groups is 5. The minimum atomic E-state index is -1.34. The van der Waals surface area contributed by atoms with Gasteiger partial charge in [0.15, 0.2) is 36.6 Å². The molecule has 176 valence electrons. The Balaban J connectivity index is 2.34. The van der Waals surface area contributed by atoms with Crippen LogP contribution in [0.2, 0.25) is 0 Å². The zero-order valence-corrected chi connectivity index (χ0v) is 17.9. The molecule has 0 unspecified atom stereocenters. The molecule has 32 heavy (non-hydrogen) atoms. The van der Waals surface area contributed by atoms with Gasteiger partial charge in [-0.2, -0.15) is 0 Å². The van der Waals surface area contributed by atoms with E-state index in [2.05, 4.69) is 0 Å². The monoisotopic (exact) mass is 456 g/mol. The van der Waals surface area contributed by atoms with Gasteiger partial charge in [0.1, 0.15) is 25.1 Å². The van der Waals surface area contributed by atoms with Crippen LogP contribution in [0.5, 0.6) is 0 Å². The summed E-state index contributed by atoms with van der Waals surface area (Å²) < 4.78 is 37.5. The second kappa shape index (κ2) is 11.4. The van der Waals surface area contributed by atoms with Gasteiger partial charge in [-0.15, -0.1) is 0 Å². The normalized spacial score (nSPS) is 24.8. The third-order valence-corrected chi connectivity index (χ3v) is 4.14. The molecule has 0 saturated carbocycles. The fraction of sp³-hybridized carbons (Fsp3) is 0.550. The smallest absolute Gasteiger partial charge is 0.303 e. The van der Waals surface area contributed by atoms with Crippen LogP contribution in [0.3, 0.4) is 0 Å². The molecule has 12 heteroatoms. The average Bonchev–Trinajstić information content (AvgIpc) is 3.15. The molecule has 0 amide bonds. The molecule has 12 nitrogen and oxygen atoms in total. The maximum absolute atomic E-state index is 11.8. The minimum absolute atomic E-state index is 0.0742. The molecule has 0 N–H and O–H groups in total. The summed E-state index contributed by atoms with van der Waals surface area (Å²) in [6.07, 6.45) is -5.88. The van der Waals surface area contributed by atoms with Gasteiger partial charge in [0.05, 0.1) is 0 Å². The van der Waals surface area contributed by atoms with Crippen molar-refractivity contribution in [1.82, 2.24) is 0 Å². The lowest BCUT2D eigenvalue weighted by molar-refractivity contribution is -0.311. The van der Waals surface area contributed by atoms with Gasteiger partial charge in [-0.1, -0.05) is 0 Å². The van der Waals surface area contributed by atoms with Gasteiger partial charge in [0.25, 0.3) is 0 Å². The van der Waals surface area contributed by atoms with E-state index in [1.807, 2.05) is 0 Å². The molecule has 1 fully saturated rings. The molecular formula is C20H24O12. The predicted octanol–water partition coefficient (Wildman–Crippen LogP) is 0.692. The van der Waals surface area contributed by atoms with Crippen molar-refractivity contribution in [2.75, 3.05) is 6.61 Å². The van der Waals surface area contributed by atoms with Crippen molar-refractivity contribution in [3.05, 3.63) is 23.7 Å². The maximum Gasteiger partial charge on any atom is 0.303 e. The van der Waals surface area contributed by atoms with Crippen LogP contribution in [-0.4, -0.2) is 67.5 Å². The van der Waals surface area contributed by atoms with Gasteiger partial charge in [-0.25, -0.2) is 0 Å². The zero-order valence-electron chi connectivity index (χ0n) is 17.9. The molecule has 0 aliphatic carbocycles. The lowest BCUT2D eigenvalue weighted by Crippen LogP contribution is -2.62. The van der Waals surface area contributed by atoms with Crippen molar-refractivity contribution >= 4 is 30.2 Å². The molecule has 0 spiro atoms. The topological polar surface area (TPSA) is 154 Å². The molecule has 1 aromatic rings. The first-order valence-electron chi connectivity index (χ1n) is 9.56. The molecular weight excluding hydrogens is 432 g/mol. The molecule has 2 rings (SSSR count). The van der Waals surface area contributed by atoms with Gasteiger partial charge in [0, 0.05) is 27.7 Å². The highest BCUT2D eigenvalue weighted by Crippen LogP contribution is 2.30. The van der Waals surface area contributed by atoms with Crippen LogP contribution >= 0.6 is 0 Å². The van der Waals surface area contributed by atoms with Gasteiger partial charge in [0.2, 0.25) is 0 Å². The largest absolute Gasteiger partial charge is 0.463 e. The summed E-state index contributed by atoms with van der Waals surface area (Å²) in [5.74, 6) is -2.52. The van der Waals surface area contributed by atoms with Crippen LogP contribution in [0.15, 0.2) is 16.5 Å². The first-order chi connectivity index (χ1) is 15.1. The van der Waals surface area contributed by atoms with Crippen molar-refractivity contribution in [3.63, 3.8) is 0 Å². The van der Waals surface area contributed by atoms with E-state index in [0.717, 1.165) is 20.8 Å². The van der Waals surface area contributed by atoms with Crippen LogP contribution in [0.1, 0.15) is 44.0 Å². The van der Waals surface area contributed by atoms with Crippen LogP contribution in [0.25, 0.3) is 0 Å². The van der Waals surface area contributed by atoms with Crippen LogP contribution < -0.4 is 0 Å². The van der Waals surface area contributed by atoms with E-state index < -0.39 is 54.6 Å². The molecule has 0 radical (unpaired) electrons. The highest BCUT2D eigenvalue weighted by molar-refractivity contribution is 5.70. The Bertz CT molecular complexity index is 843. The van der Waals surface area contributed by atoms with E-state index in [9.17, 15) is 24.0 Å². The summed E-state index contributed by atoms with van der Waals surface area (Å²) in [6, 6.07) is 2.92. The number of esters is 4. The summed E-state index contributed by atoms with van der Waals surface area (Å²) in [7, 11) is 0. The van der Waals surface area contributed by atoms with Crippen molar-refractivity contribution in [2.45, 2.75) is 65.0 Å². The number of rotatable bonds is 9. The molecule has 0 aromatic carbocycles. The van der Waals surface area contributed by atoms with Crippen LogP contribution in [0.4, 0.5) is 0 Å². The second-order valence-electron chi connectivity index (χ2n) is 6.80. The zero-order chi connectivity index (χ0) is 23.8. The lowest BCUT2D eigenvalue weighted by atomic mass is 9.98. The summed E-state index contributed by atoms with van der Waals surface area (Å²) in [6.45, 7) is 3.96. The van der Waals surface area contributed by atoms with E-state index in [-0.39, 0.29) is 24.7 Å². The van der Waals surface area contributed by atoms with Gasteiger partial charge in [-0.3, -0.25) is 24.0 Å². The highest BCUT2D eigenvalue weighted by atomic mass is 16.7. The minimum Gasteiger partial charge on any atom is -0.463 e. The fourth-order valence-electron chi connectivity index (χ4n) is 3.02. The van der Waals surface area contributed by atoms with E-state index in [1.165, 1.54) is 19.1 Å². The van der Waals surface area contributed by atoms with E-state index >= 15 is 0 Å². The van der Waals surface area contributed by atoms with E-state index in [1.54, 1.807) is 0 Å². The second-order valence-corrected chi connectivity index (χ2v) is 6.80. The lowest BCUT2D eigenvalue weighted by Gasteiger charge is -2.43. The molecule has 2 heterocycles. The van der Waals surface area contributed by atoms with Gasteiger partial charge >= 0.3 is 23.9 Å². The average molecular weight is 456 g/mol. The molecule has 1 aliphatic heterocycles. The number of aldehydes is 1. The Morgan fingerprint density at radius 2 is 1.47 bits per heavy atom. The number of hydrogen-bond donors (Lipinski definition) is 0. The maximum atomic E-state index is 11.8. The third kappa shape index (κ3) is 7.17. The first kappa shape index (κ1) is 25.0. The fourth-order valence-corrected chi connectivity index (χ4v) is 3.02. The quantitative estimate of drug-likeness (QED) is 0.292. The first-order valence-corrected chi connectivity index (χ1v) is 9.56. The SMILES string of the molecule is CC(=O)OC[C@H]1O[C@H](OCc2ccc(C=O)o2)[C@H](OC(C)=O)[C@@H](OC(C)=O)[C@@H]1OC(C)=O. The Labute approximate surface area is 183 Å². The highest BCUT2D eigenvalue weighted by Gasteiger charge is 2.52. The van der Waals surface area contributed by atoms with Gasteiger partial charge < -0.3 is 32.8 Å². The van der Waals surface area contributed by atoms with E-state index in [4.69, 9.17) is 32.8 Å². The Morgan fingerprint density at radius 1 is 0.875 bits per heavy atom. The summed E-state index contributed by atoms with van der Waals surface area (Å²) >= 11 is 0. The number of furan rings is 1. The number of carbonyl (C=O) groups excluding carboxylic acids is 5. The Kier molecular flexibility index (Phi) is 8.91. The van der Waals surface area contributed by atoms with Crippen molar-refractivity contribution in [1.29, 1.82) is 0 Å². The summed E-state index contributed by atoms with van der Waals surface area (Å²) in [5.41, 5.74) is 0. The summed E-state index contributed by atoms with van der Waals surface area (Å²) in [5, 5.41) is 0. The number of ether oxygens (including phenoxy) is 6. The molecule has 0 bridgehead atoms. The predicted molar refractivity (Wildman–Crippen MR) is 101 cm³/mol. The Hall–Kier alpha value is -3.25. The van der Waals surface area contributed by atoms with Crippen molar-refractivity contribution in [3.8, 4) is 0 Å². The molecule has 5 atom stereocenters. The molecule has 1 aliphatic rings. The van der Waals surface area contributed by atoms with Gasteiger partial charge in [-0.05, 0) is 12.1 Å². The third-order valence-electron chi connectivity index (χ3n) is 4.14. The van der Waals surface area contributed by atoms with E-state index in [0.29, 0.717) is 6.29 Å². The van der Waals surface area contributed by atoms with Crippen LogP contribution in [0, 0.1) is 0 Å². The Morgan fingerprint density at radius 3 is 2.00 bits per heavy atom. The summed E-state index contributed by atoms with van der Waals surface area (Å²) in [4.78, 5) is 57.2. The number of hydrogen-bond acceptors (Lipinski definition) is 12. The molecule has 1 aromatic heterocycles. The molecule has 1 saturated heterocycles. The van der Waals surface area contributed by atoms with Crippen LogP contribution in [-0.2, 0) is 54.2 Å². The van der Waals surface area contributed by atoms with Crippen molar-refractivity contribution in [2.24, 2.45) is 0 Å². The standard InChI is InChI=1S/C20H24O12/c1-10(22)26-9-16-17(28-11(2)23)18(29-12(3)24)19(30-13(4)25)20(32-16)27-8-15-6-5-14(7-21)31-15/h5-7,16-20H,8-9H2,1-4H3/t16-,17-,18+,19-,20+/m1/s1. The van der Waals surface area contributed by atoms with Crippen molar-refractivity contribution < 1.29 is 56.8 Å².